The molecule has 1 saturated carbocycles. The Balaban J connectivity index is 0.00000220. The number of thiophene rings is 1. The minimum atomic E-state index is -0.580. The van der Waals surface area contributed by atoms with Gasteiger partial charge in [0.05, 0.1) is 6.61 Å². The van der Waals surface area contributed by atoms with E-state index in [2.05, 4.69) is 22.8 Å². The van der Waals surface area contributed by atoms with E-state index < -0.39 is 6.04 Å². The second kappa shape index (κ2) is 8.73. The molecule has 1 atom stereocenters. The molecule has 6 heteroatoms. The predicted octanol–water partition coefficient (Wildman–Crippen LogP) is 2.46. The van der Waals surface area contributed by atoms with Gasteiger partial charge in [0.1, 0.15) is 6.04 Å². The molecule has 21 heavy (non-hydrogen) atoms. The van der Waals surface area contributed by atoms with Crippen molar-refractivity contribution in [1.29, 1.82) is 0 Å². The van der Waals surface area contributed by atoms with Gasteiger partial charge in [-0.3, -0.25) is 4.79 Å². The van der Waals surface area contributed by atoms with Crippen LogP contribution in [0.5, 0.6) is 0 Å². The Bertz CT molecular complexity index is 419. The van der Waals surface area contributed by atoms with Crippen LogP contribution in [-0.2, 0) is 14.9 Å². The third kappa shape index (κ3) is 4.68. The predicted molar refractivity (Wildman–Crippen MR) is 89.2 cm³/mol. The molecule has 1 unspecified atom stereocenters. The Kier molecular flexibility index (Phi) is 7.66. The van der Waals surface area contributed by atoms with E-state index in [0.717, 1.165) is 12.8 Å². The number of methoxy groups -OCH3 is 1. The maximum Gasteiger partial charge on any atom is 0.239 e. The first-order chi connectivity index (χ1) is 9.68. The van der Waals surface area contributed by atoms with Crippen molar-refractivity contribution in [3.63, 3.8) is 0 Å². The Hall–Kier alpha value is -0.620. The molecule has 3 N–H and O–H groups in total. The van der Waals surface area contributed by atoms with Gasteiger partial charge in [-0.1, -0.05) is 25.3 Å². The average molecular weight is 333 g/mol. The van der Waals surface area contributed by atoms with Gasteiger partial charge in [0, 0.05) is 23.9 Å². The van der Waals surface area contributed by atoms with Crippen LogP contribution in [0.15, 0.2) is 17.5 Å². The minimum absolute atomic E-state index is 0. The molecule has 1 aliphatic rings. The fourth-order valence-corrected chi connectivity index (χ4v) is 3.95. The van der Waals surface area contributed by atoms with Crippen LogP contribution in [0, 0.1) is 0 Å². The van der Waals surface area contributed by atoms with Crippen LogP contribution in [0.3, 0.4) is 0 Å². The lowest BCUT2D eigenvalue weighted by Gasteiger charge is -2.37. The lowest BCUT2D eigenvalue weighted by molar-refractivity contribution is -0.123. The second-order valence-electron chi connectivity index (χ2n) is 5.60. The number of halogens is 1. The molecule has 0 saturated heterocycles. The molecule has 0 bridgehead atoms. The summed E-state index contributed by atoms with van der Waals surface area (Å²) in [4.78, 5) is 13.4. The standard InChI is InChI=1S/C15H24N2O2S.ClH/c1-19-10-12(16)14(18)17-11-15(7-3-2-4-8-15)13-6-5-9-20-13;/h5-6,9,12H,2-4,7-8,10-11,16H2,1H3,(H,17,18);1H. The fourth-order valence-electron chi connectivity index (χ4n) is 2.96. The topological polar surface area (TPSA) is 64.3 Å². The van der Waals surface area contributed by atoms with Crippen molar-refractivity contribution in [2.24, 2.45) is 5.73 Å². The molecule has 1 aliphatic carbocycles. The summed E-state index contributed by atoms with van der Waals surface area (Å²) in [6, 6.07) is 3.70. The summed E-state index contributed by atoms with van der Waals surface area (Å²) in [6.45, 7) is 0.946. The van der Waals surface area contributed by atoms with Crippen LogP contribution >= 0.6 is 23.7 Å². The van der Waals surface area contributed by atoms with Gasteiger partial charge in [-0.2, -0.15) is 0 Å². The Morgan fingerprint density at radius 1 is 1.48 bits per heavy atom. The van der Waals surface area contributed by atoms with Gasteiger partial charge in [-0.25, -0.2) is 0 Å². The molecule has 1 aromatic rings. The number of amides is 1. The third-order valence-corrected chi connectivity index (χ3v) is 5.25. The monoisotopic (exact) mass is 332 g/mol. The van der Waals surface area contributed by atoms with E-state index in [-0.39, 0.29) is 30.3 Å². The first-order valence-electron chi connectivity index (χ1n) is 7.24. The first-order valence-corrected chi connectivity index (χ1v) is 8.12. The summed E-state index contributed by atoms with van der Waals surface area (Å²) in [5.41, 5.74) is 5.88. The fraction of sp³-hybridized carbons (Fsp3) is 0.667. The summed E-state index contributed by atoms with van der Waals surface area (Å²) in [5.74, 6) is -0.117. The Labute approximate surface area is 136 Å². The van der Waals surface area contributed by atoms with E-state index in [4.69, 9.17) is 10.5 Å². The number of nitrogens with one attached hydrogen (secondary N) is 1. The molecule has 4 nitrogen and oxygen atoms in total. The van der Waals surface area contributed by atoms with Gasteiger partial charge in [0.25, 0.3) is 0 Å². The molecule has 0 spiro atoms. The highest BCUT2D eigenvalue weighted by Gasteiger charge is 2.35. The normalized spacial score (nSPS) is 18.6. The van der Waals surface area contributed by atoms with E-state index in [1.54, 1.807) is 18.4 Å². The van der Waals surface area contributed by atoms with Crippen molar-refractivity contribution < 1.29 is 9.53 Å². The van der Waals surface area contributed by atoms with Crippen LogP contribution in [0.2, 0.25) is 0 Å². The number of carbonyl (C=O) groups is 1. The minimum Gasteiger partial charge on any atom is -0.383 e. The van der Waals surface area contributed by atoms with Crippen molar-refractivity contribution in [3.8, 4) is 0 Å². The zero-order valence-electron chi connectivity index (χ0n) is 12.5. The molecule has 0 aromatic carbocycles. The van der Waals surface area contributed by atoms with Crippen LogP contribution in [0.1, 0.15) is 37.0 Å². The van der Waals surface area contributed by atoms with E-state index in [9.17, 15) is 4.79 Å². The molecule has 1 heterocycles. The summed E-state index contributed by atoms with van der Waals surface area (Å²) in [6.07, 6.45) is 6.06. The van der Waals surface area contributed by atoms with Crippen LogP contribution in [0.25, 0.3) is 0 Å². The van der Waals surface area contributed by atoms with Crippen molar-refractivity contribution in [3.05, 3.63) is 22.4 Å². The summed E-state index contributed by atoms with van der Waals surface area (Å²) in [5, 5.41) is 5.14. The quantitative estimate of drug-likeness (QED) is 0.841. The highest BCUT2D eigenvalue weighted by atomic mass is 35.5. The van der Waals surface area contributed by atoms with Gasteiger partial charge in [0.2, 0.25) is 5.91 Å². The molecular formula is C15H25ClN2O2S. The first kappa shape index (κ1) is 18.4. The highest BCUT2D eigenvalue weighted by molar-refractivity contribution is 7.10. The van der Waals surface area contributed by atoms with Gasteiger partial charge in [-0.05, 0) is 24.3 Å². The van der Waals surface area contributed by atoms with Crippen LogP contribution in [-0.4, -0.2) is 32.2 Å². The molecule has 1 fully saturated rings. The molecular weight excluding hydrogens is 308 g/mol. The zero-order valence-corrected chi connectivity index (χ0v) is 14.1. The maximum atomic E-state index is 12.0. The molecule has 0 radical (unpaired) electrons. The van der Waals surface area contributed by atoms with Gasteiger partial charge in [-0.15, -0.1) is 23.7 Å². The number of nitrogens with two attached hydrogens (primary N) is 1. The van der Waals surface area contributed by atoms with Crippen LogP contribution in [0.4, 0.5) is 0 Å². The number of hydrogen-bond acceptors (Lipinski definition) is 4. The van der Waals surface area contributed by atoms with Crippen molar-refractivity contribution in [1.82, 2.24) is 5.32 Å². The SMILES string of the molecule is COCC(N)C(=O)NCC1(c2cccs2)CCCCC1.Cl. The van der Waals surface area contributed by atoms with Crippen molar-refractivity contribution in [2.75, 3.05) is 20.3 Å². The lowest BCUT2D eigenvalue weighted by atomic mass is 9.73. The van der Waals surface area contributed by atoms with E-state index in [1.807, 2.05) is 0 Å². The van der Waals surface area contributed by atoms with E-state index in [0.29, 0.717) is 6.54 Å². The summed E-state index contributed by atoms with van der Waals surface area (Å²) < 4.78 is 4.93. The molecule has 0 aliphatic heterocycles. The second-order valence-corrected chi connectivity index (χ2v) is 6.55. The molecule has 1 aromatic heterocycles. The van der Waals surface area contributed by atoms with E-state index >= 15 is 0 Å². The zero-order chi connectivity index (χ0) is 14.4. The lowest BCUT2D eigenvalue weighted by Crippen LogP contribution is -2.48. The van der Waals surface area contributed by atoms with Crippen molar-refractivity contribution >= 4 is 29.7 Å². The highest BCUT2D eigenvalue weighted by Crippen LogP contribution is 2.41. The number of ether oxygens (including phenoxy) is 1. The Morgan fingerprint density at radius 2 is 2.19 bits per heavy atom. The molecule has 1 amide bonds. The van der Waals surface area contributed by atoms with E-state index in [1.165, 1.54) is 24.1 Å². The smallest absolute Gasteiger partial charge is 0.239 e. The molecule has 2 rings (SSSR count). The summed E-state index contributed by atoms with van der Waals surface area (Å²) in [7, 11) is 1.56. The maximum absolute atomic E-state index is 12.0. The number of carbonyl (C=O) groups excluding carboxylic acids is 1. The summed E-state index contributed by atoms with van der Waals surface area (Å²) >= 11 is 1.79. The van der Waals surface area contributed by atoms with Crippen LogP contribution < -0.4 is 11.1 Å². The largest absolute Gasteiger partial charge is 0.383 e. The van der Waals surface area contributed by atoms with Gasteiger partial charge < -0.3 is 15.8 Å². The third-order valence-electron chi connectivity index (χ3n) is 4.14. The Morgan fingerprint density at radius 3 is 2.76 bits per heavy atom. The average Bonchev–Trinajstić information content (AvgIpc) is 3.01. The van der Waals surface area contributed by atoms with Gasteiger partial charge >= 0.3 is 0 Å². The molecule has 120 valence electrons. The number of rotatable bonds is 6. The number of hydrogen-bond donors (Lipinski definition) is 2. The van der Waals surface area contributed by atoms with Crippen molar-refractivity contribution in [2.45, 2.75) is 43.6 Å². The van der Waals surface area contributed by atoms with Gasteiger partial charge in [0.15, 0.2) is 0 Å².